The number of hydrogen-bond acceptors (Lipinski definition) is 1. The van der Waals surface area contributed by atoms with Crippen LogP contribution in [0.15, 0.2) is 11.9 Å². The normalized spacial score (nSPS) is 24.2. The van der Waals surface area contributed by atoms with Gasteiger partial charge in [-0.25, -0.2) is 4.39 Å². The van der Waals surface area contributed by atoms with Crippen LogP contribution in [0.5, 0.6) is 0 Å². The molecule has 0 aromatic heterocycles. The molecule has 1 unspecified atom stereocenters. The molecule has 0 aliphatic heterocycles. The van der Waals surface area contributed by atoms with Gasteiger partial charge in [-0.2, -0.15) is 0 Å². The Morgan fingerprint density at radius 2 is 2.55 bits per heavy atom. The molecular weight excluding hydrogens is 145 g/mol. The van der Waals surface area contributed by atoms with Gasteiger partial charge in [-0.1, -0.05) is 6.08 Å². The van der Waals surface area contributed by atoms with Crippen LogP contribution in [0.25, 0.3) is 0 Å². The highest BCUT2D eigenvalue weighted by molar-refractivity contribution is 5.73. The highest BCUT2D eigenvalue weighted by Gasteiger charge is 2.14. The number of nitrogens with one attached hydrogen (secondary N) is 1. The molecule has 0 bridgehead atoms. The highest BCUT2D eigenvalue weighted by Crippen LogP contribution is 2.18. The van der Waals surface area contributed by atoms with Crippen molar-refractivity contribution in [3.63, 3.8) is 0 Å². The van der Waals surface area contributed by atoms with Crippen molar-refractivity contribution in [3.8, 4) is 0 Å². The zero-order chi connectivity index (χ0) is 8.27. The van der Waals surface area contributed by atoms with Crippen molar-refractivity contribution in [2.45, 2.75) is 32.2 Å². The van der Waals surface area contributed by atoms with Gasteiger partial charge in [0, 0.05) is 19.4 Å². The Morgan fingerprint density at radius 3 is 3.00 bits per heavy atom. The summed E-state index contributed by atoms with van der Waals surface area (Å²) in [7, 11) is 0. The van der Waals surface area contributed by atoms with Crippen LogP contribution in [0.3, 0.4) is 0 Å². The first-order valence-corrected chi connectivity index (χ1v) is 3.80. The van der Waals surface area contributed by atoms with Crippen molar-refractivity contribution in [1.82, 2.24) is 5.32 Å². The molecule has 0 spiro atoms. The van der Waals surface area contributed by atoms with E-state index in [2.05, 4.69) is 5.32 Å². The van der Waals surface area contributed by atoms with E-state index >= 15 is 0 Å². The maximum Gasteiger partial charge on any atom is 0.217 e. The lowest BCUT2D eigenvalue weighted by Gasteiger charge is -2.18. The van der Waals surface area contributed by atoms with Gasteiger partial charge < -0.3 is 5.32 Å². The van der Waals surface area contributed by atoms with Gasteiger partial charge in [-0.3, -0.25) is 4.79 Å². The third-order valence-electron chi connectivity index (χ3n) is 1.76. The molecule has 0 saturated carbocycles. The molecule has 1 N–H and O–H groups in total. The Bertz CT molecular complexity index is 189. The van der Waals surface area contributed by atoms with Crippen LogP contribution in [0.1, 0.15) is 26.2 Å². The molecule has 0 fully saturated rings. The van der Waals surface area contributed by atoms with E-state index in [4.69, 9.17) is 0 Å². The SMILES string of the molecule is CC(=O)NC1CC=C(F)CC1. The Morgan fingerprint density at radius 1 is 1.82 bits per heavy atom. The Kier molecular flexibility index (Phi) is 2.63. The monoisotopic (exact) mass is 157 g/mol. The number of carbonyl (C=O) groups excluding carboxylic acids is 1. The van der Waals surface area contributed by atoms with Crippen LogP contribution >= 0.6 is 0 Å². The Labute approximate surface area is 65.5 Å². The van der Waals surface area contributed by atoms with Crippen molar-refractivity contribution < 1.29 is 9.18 Å². The van der Waals surface area contributed by atoms with E-state index in [1.165, 1.54) is 6.92 Å². The van der Waals surface area contributed by atoms with Crippen LogP contribution in [0.4, 0.5) is 4.39 Å². The average molecular weight is 157 g/mol. The van der Waals surface area contributed by atoms with E-state index in [9.17, 15) is 9.18 Å². The summed E-state index contributed by atoms with van der Waals surface area (Å²) >= 11 is 0. The van der Waals surface area contributed by atoms with Gasteiger partial charge in [0.2, 0.25) is 5.91 Å². The average Bonchev–Trinajstić information content (AvgIpc) is 1.93. The second-order valence-electron chi connectivity index (χ2n) is 2.82. The first-order chi connectivity index (χ1) is 5.18. The zero-order valence-electron chi connectivity index (χ0n) is 6.56. The van der Waals surface area contributed by atoms with Crippen molar-refractivity contribution in [2.75, 3.05) is 0 Å². The summed E-state index contributed by atoms with van der Waals surface area (Å²) in [6, 6.07) is 0.145. The maximum atomic E-state index is 12.4. The smallest absolute Gasteiger partial charge is 0.217 e. The summed E-state index contributed by atoms with van der Waals surface area (Å²) in [5, 5.41) is 2.75. The predicted molar refractivity (Wildman–Crippen MR) is 40.6 cm³/mol. The van der Waals surface area contributed by atoms with Gasteiger partial charge in [0.05, 0.1) is 5.83 Å². The van der Waals surface area contributed by atoms with E-state index < -0.39 is 0 Å². The van der Waals surface area contributed by atoms with Crippen LogP contribution in [0, 0.1) is 0 Å². The first-order valence-electron chi connectivity index (χ1n) is 3.80. The topological polar surface area (TPSA) is 29.1 Å². The molecule has 0 aromatic rings. The standard InChI is InChI=1S/C8H12FNO/c1-6(11)10-8-4-2-7(9)3-5-8/h2,8H,3-5H2,1H3,(H,10,11). The fraction of sp³-hybridized carbons (Fsp3) is 0.625. The van der Waals surface area contributed by atoms with Crippen molar-refractivity contribution in [1.29, 1.82) is 0 Å². The molecule has 0 heterocycles. The molecular formula is C8H12FNO. The van der Waals surface area contributed by atoms with Crippen molar-refractivity contribution in [3.05, 3.63) is 11.9 Å². The molecule has 62 valence electrons. The lowest BCUT2D eigenvalue weighted by molar-refractivity contribution is -0.119. The fourth-order valence-corrected chi connectivity index (χ4v) is 1.22. The Balaban J connectivity index is 2.35. The molecule has 1 rings (SSSR count). The summed E-state index contributed by atoms with van der Waals surface area (Å²) in [4.78, 5) is 10.6. The van der Waals surface area contributed by atoms with Crippen molar-refractivity contribution in [2.24, 2.45) is 0 Å². The number of amides is 1. The molecule has 1 aliphatic rings. The summed E-state index contributed by atoms with van der Waals surface area (Å²) < 4.78 is 12.4. The highest BCUT2D eigenvalue weighted by atomic mass is 19.1. The fourth-order valence-electron chi connectivity index (χ4n) is 1.22. The zero-order valence-corrected chi connectivity index (χ0v) is 6.56. The minimum atomic E-state index is -0.0494. The van der Waals surface area contributed by atoms with Gasteiger partial charge in [-0.15, -0.1) is 0 Å². The molecule has 1 aliphatic carbocycles. The first kappa shape index (κ1) is 8.24. The minimum Gasteiger partial charge on any atom is -0.353 e. The van der Waals surface area contributed by atoms with Gasteiger partial charge in [0.1, 0.15) is 0 Å². The largest absolute Gasteiger partial charge is 0.353 e. The molecule has 2 nitrogen and oxygen atoms in total. The summed E-state index contributed by atoms with van der Waals surface area (Å²) in [6.07, 6.45) is 3.36. The molecule has 0 saturated heterocycles. The quantitative estimate of drug-likeness (QED) is 0.614. The predicted octanol–water partition coefficient (Wildman–Crippen LogP) is 1.53. The van der Waals surface area contributed by atoms with Gasteiger partial charge in [-0.05, 0) is 12.8 Å². The Hall–Kier alpha value is -0.860. The van der Waals surface area contributed by atoms with Gasteiger partial charge in [0.25, 0.3) is 0 Å². The number of allylic oxidation sites excluding steroid dienone is 1. The van der Waals surface area contributed by atoms with E-state index in [-0.39, 0.29) is 17.8 Å². The molecule has 0 radical (unpaired) electrons. The van der Waals surface area contributed by atoms with E-state index in [0.29, 0.717) is 12.8 Å². The summed E-state index contributed by atoms with van der Waals surface area (Å²) in [6.45, 7) is 1.48. The lowest BCUT2D eigenvalue weighted by atomic mass is 10.0. The van der Waals surface area contributed by atoms with E-state index in [1.54, 1.807) is 6.08 Å². The molecule has 11 heavy (non-hydrogen) atoms. The van der Waals surface area contributed by atoms with Crippen LogP contribution in [-0.2, 0) is 4.79 Å². The van der Waals surface area contributed by atoms with Gasteiger partial charge in [0.15, 0.2) is 0 Å². The minimum absolute atomic E-state index is 0.0364. The van der Waals surface area contributed by atoms with Crippen LogP contribution < -0.4 is 5.32 Å². The summed E-state index contributed by atoms with van der Waals surface area (Å²) in [5.74, 6) is -0.0858. The number of halogens is 1. The van der Waals surface area contributed by atoms with E-state index in [0.717, 1.165) is 6.42 Å². The molecule has 1 amide bonds. The maximum absolute atomic E-state index is 12.4. The molecule has 3 heteroatoms. The van der Waals surface area contributed by atoms with Crippen LogP contribution in [-0.4, -0.2) is 11.9 Å². The van der Waals surface area contributed by atoms with E-state index in [1.807, 2.05) is 0 Å². The molecule has 0 aromatic carbocycles. The third kappa shape index (κ3) is 2.70. The second kappa shape index (κ2) is 3.51. The lowest BCUT2D eigenvalue weighted by Crippen LogP contribution is -2.33. The number of hydrogen-bond donors (Lipinski definition) is 1. The van der Waals surface area contributed by atoms with Crippen molar-refractivity contribution >= 4 is 5.91 Å². The summed E-state index contributed by atoms with van der Waals surface area (Å²) in [5.41, 5.74) is 0. The van der Waals surface area contributed by atoms with Gasteiger partial charge >= 0.3 is 0 Å². The number of rotatable bonds is 1. The van der Waals surface area contributed by atoms with Crippen LogP contribution in [0.2, 0.25) is 0 Å². The third-order valence-corrected chi connectivity index (χ3v) is 1.76. The second-order valence-corrected chi connectivity index (χ2v) is 2.82. The molecule has 1 atom stereocenters. The number of carbonyl (C=O) groups is 1.